The Balaban J connectivity index is 1.97. The molecule has 27 heavy (non-hydrogen) atoms. The molecule has 3 aromatic carbocycles. The number of nitrogens with one attached hydrogen (secondary N) is 1. The minimum atomic E-state index is -3.57. The average molecular weight is 379 g/mol. The van der Waals surface area contributed by atoms with Crippen LogP contribution < -0.4 is 5.32 Å². The van der Waals surface area contributed by atoms with Crippen molar-refractivity contribution in [3.8, 4) is 0 Å². The molecule has 0 aliphatic heterocycles. The third-order valence-electron chi connectivity index (χ3n) is 3.99. The van der Waals surface area contributed by atoms with Crippen LogP contribution in [0.3, 0.4) is 0 Å². The van der Waals surface area contributed by atoms with Gasteiger partial charge >= 0.3 is 0 Å². The van der Waals surface area contributed by atoms with Crippen LogP contribution in [-0.4, -0.2) is 26.4 Å². The number of para-hydroxylation sites is 1. The van der Waals surface area contributed by atoms with Crippen molar-refractivity contribution in [1.82, 2.24) is 0 Å². The van der Waals surface area contributed by atoms with E-state index in [2.05, 4.69) is 5.32 Å². The molecule has 0 aliphatic carbocycles. The highest BCUT2D eigenvalue weighted by molar-refractivity contribution is 7.90. The van der Waals surface area contributed by atoms with Gasteiger partial charge in [0.2, 0.25) is 0 Å². The molecule has 0 saturated carbocycles. The smallest absolute Gasteiger partial charge is 0.257 e. The lowest BCUT2D eigenvalue weighted by atomic mass is 10.0. The van der Waals surface area contributed by atoms with Crippen LogP contribution in [0.1, 0.15) is 26.3 Å². The SMILES string of the molecule is CS(=O)(=O)c1ccccc1C(=O)Nc1ccccc1C(=O)c1ccccc1. The minimum absolute atomic E-state index is 0.0296. The number of rotatable bonds is 5. The summed E-state index contributed by atoms with van der Waals surface area (Å²) in [5.74, 6) is -0.827. The molecule has 0 unspecified atom stereocenters. The number of carbonyl (C=O) groups is 2. The Morgan fingerprint density at radius 2 is 1.30 bits per heavy atom. The van der Waals surface area contributed by atoms with Gasteiger partial charge in [-0.05, 0) is 24.3 Å². The third-order valence-corrected chi connectivity index (χ3v) is 5.14. The Morgan fingerprint density at radius 3 is 1.96 bits per heavy atom. The number of benzene rings is 3. The molecule has 0 fully saturated rings. The molecule has 3 aromatic rings. The molecule has 136 valence electrons. The van der Waals surface area contributed by atoms with Crippen molar-refractivity contribution in [1.29, 1.82) is 0 Å². The van der Waals surface area contributed by atoms with Gasteiger partial charge in [-0.25, -0.2) is 8.42 Å². The Kier molecular flexibility index (Phi) is 5.19. The summed E-state index contributed by atoms with van der Waals surface area (Å²) >= 11 is 0. The fourth-order valence-corrected chi connectivity index (χ4v) is 3.59. The molecule has 0 bridgehead atoms. The molecule has 5 nitrogen and oxygen atoms in total. The summed E-state index contributed by atoms with van der Waals surface area (Å²) in [7, 11) is -3.57. The summed E-state index contributed by atoms with van der Waals surface area (Å²) in [5.41, 5.74) is 1.17. The molecule has 3 rings (SSSR count). The Hall–Kier alpha value is -3.25. The van der Waals surface area contributed by atoms with Crippen molar-refractivity contribution < 1.29 is 18.0 Å². The van der Waals surface area contributed by atoms with Crippen LogP contribution in [-0.2, 0) is 9.84 Å². The Labute approximate surface area is 157 Å². The van der Waals surface area contributed by atoms with Gasteiger partial charge in [-0.1, -0.05) is 54.6 Å². The van der Waals surface area contributed by atoms with Crippen LogP contribution in [0.25, 0.3) is 0 Å². The normalized spacial score (nSPS) is 11.0. The van der Waals surface area contributed by atoms with E-state index in [0.29, 0.717) is 16.8 Å². The molecular weight excluding hydrogens is 362 g/mol. The zero-order valence-corrected chi connectivity index (χ0v) is 15.4. The van der Waals surface area contributed by atoms with E-state index >= 15 is 0 Å². The van der Waals surface area contributed by atoms with Gasteiger partial charge in [-0.15, -0.1) is 0 Å². The van der Waals surface area contributed by atoms with Crippen LogP contribution >= 0.6 is 0 Å². The van der Waals surface area contributed by atoms with Crippen molar-refractivity contribution in [3.05, 3.63) is 95.6 Å². The summed E-state index contributed by atoms with van der Waals surface area (Å²) in [6.45, 7) is 0. The molecule has 0 saturated heterocycles. The van der Waals surface area contributed by atoms with Crippen LogP contribution in [0.5, 0.6) is 0 Å². The molecule has 0 heterocycles. The standard InChI is InChI=1S/C21H17NO4S/c1-27(25,26)19-14-8-6-12-17(19)21(24)22-18-13-7-5-11-16(18)20(23)15-9-3-2-4-10-15/h2-14H,1H3,(H,22,24). The number of amides is 1. The Bertz CT molecular complexity index is 1110. The van der Waals surface area contributed by atoms with Crippen LogP contribution in [0, 0.1) is 0 Å². The van der Waals surface area contributed by atoms with E-state index in [1.165, 1.54) is 12.1 Å². The zero-order chi connectivity index (χ0) is 19.4. The van der Waals surface area contributed by atoms with E-state index in [0.717, 1.165) is 6.26 Å². The van der Waals surface area contributed by atoms with Crippen molar-refractivity contribution in [2.24, 2.45) is 0 Å². The first kappa shape index (κ1) is 18.5. The fraction of sp³-hybridized carbons (Fsp3) is 0.0476. The first-order valence-electron chi connectivity index (χ1n) is 8.17. The summed E-state index contributed by atoms with van der Waals surface area (Å²) in [5, 5.41) is 2.67. The first-order chi connectivity index (χ1) is 12.9. The van der Waals surface area contributed by atoms with E-state index in [4.69, 9.17) is 0 Å². The fourth-order valence-electron chi connectivity index (χ4n) is 2.70. The maximum Gasteiger partial charge on any atom is 0.257 e. The number of hydrogen-bond acceptors (Lipinski definition) is 4. The number of carbonyl (C=O) groups excluding carboxylic acids is 2. The maximum atomic E-state index is 12.8. The van der Waals surface area contributed by atoms with Gasteiger partial charge in [0.25, 0.3) is 5.91 Å². The largest absolute Gasteiger partial charge is 0.321 e. The summed E-state index contributed by atoms with van der Waals surface area (Å²) < 4.78 is 23.9. The molecule has 1 N–H and O–H groups in total. The highest BCUT2D eigenvalue weighted by Gasteiger charge is 2.20. The van der Waals surface area contributed by atoms with Crippen molar-refractivity contribution >= 4 is 27.2 Å². The van der Waals surface area contributed by atoms with Gasteiger partial charge in [0.15, 0.2) is 15.6 Å². The monoisotopic (exact) mass is 379 g/mol. The lowest BCUT2D eigenvalue weighted by molar-refractivity contribution is 0.102. The Morgan fingerprint density at radius 1 is 0.741 bits per heavy atom. The molecular formula is C21H17NO4S. The molecule has 0 aliphatic rings. The predicted octanol–water partition coefficient (Wildman–Crippen LogP) is 3.57. The highest BCUT2D eigenvalue weighted by Crippen LogP contribution is 2.22. The quantitative estimate of drug-likeness (QED) is 0.687. The van der Waals surface area contributed by atoms with Crippen LogP contribution in [0.2, 0.25) is 0 Å². The molecule has 0 atom stereocenters. The second-order valence-corrected chi connectivity index (χ2v) is 7.95. The van der Waals surface area contributed by atoms with E-state index in [1.54, 1.807) is 60.7 Å². The van der Waals surface area contributed by atoms with Crippen LogP contribution in [0.4, 0.5) is 5.69 Å². The van der Waals surface area contributed by atoms with E-state index in [9.17, 15) is 18.0 Å². The summed E-state index contributed by atoms with van der Waals surface area (Å²) in [6.07, 6.45) is 1.05. The topological polar surface area (TPSA) is 80.3 Å². The lowest BCUT2D eigenvalue weighted by Crippen LogP contribution is -2.18. The van der Waals surface area contributed by atoms with E-state index in [-0.39, 0.29) is 16.2 Å². The van der Waals surface area contributed by atoms with Crippen LogP contribution in [0.15, 0.2) is 83.8 Å². The second kappa shape index (κ2) is 7.55. The predicted molar refractivity (Wildman–Crippen MR) is 104 cm³/mol. The van der Waals surface area contributed by atoms with Gasteiger partial charge < -0.3 is 5.32 Å². The van der Waals surface area contributed by atoms with E-state index in [1.807, 2.05) is 6.07 Å². The summed E-state index contributed by atoms with van der Waals surface area (Å²) in [4.78, 5) is 25.4. The maximum absolute atomic E-state index is 12.8. The first-order valence-corrected chi connectivity index (χ1v) is 10.1. The second-order valence-electron chi connectivity index (χ2n) is 5.96. The number of hydrogen-bond donors (Lipinski definition) is 1. The number of sulfone groups is 1. The number of ketones is 1. The van der Waals surface area contributed by atoms with Crippen molar-refractivity contribution in [3.63, 3.8) is 0 Å². The highest BCUT2D eigenvalue weighted by atomic mass is 32.2. The van der Waals surface area contributed by atoms with Gasteiger partial charge in [0.05, 0.1) is 16.1 Å². The zero-order valence-electron chi connectivity index (χ0n) is 14.5. The molecule has 1 amide bonds. The third kappa shape index (κ3) is 4.12. The molecule has 6 heteroatoms. The van der Waals surface area contributed by atoms with Gasteiger partial charge in [-0.3, -0.25) is 9.59 Å². The minimum Gasteiger partial charge on any atom is -0.321 e. The van der Waals surface area contributed by atoms with Crippen molar-refractivity contribution in [2.45, 2.75) is 4.90 Å². The summed E-state index contributed by atoms with van der Waals surface area (Å²) in [6, 6.07) is 21.3. The van der Waals surface area contributed by atoms with Gasteiger partial charge in [0, 0.05) is 17.4 Å². The van der Waals surface area contributed by atoms with Gasteiger partial charge in [0.1, 0.15) is 0 Å². The number of anilines is 1. The average Bonchev–Trinajstić information content (AvgIpc) is 2.68. The van der Waals surface area contributed by atoms with E-state index < -0.39 is 15.7 Å². The van der Waals surface area contributed by atoms with Gasteiger partial charge in [-0.2, -0.15) is 0 Å². The lowest BCUT2D eigenvalue weighted by Gasteiger charge is -2.12. The molecule has 0 spiro atoms. The molecule has 0 aromatic heterocycles. The van der Waals surface area contributed by atoms with Crippen molar-refractivity contribution in [2.75, 3.05) is 11.6 Å². The molecule has 0 radical (unpaired) electrons.